The fourth-order valence-electron chi connectivity index (χ4n) is 2.29. The Morgan fingerprint density at radius 1 is 1.19 bits per heavy atom. The maximum Gasteiger partial charge on any atom is 0.166 e. The molecule has 2 aromatic rings. The number of nitrogens with zero attached hydrogens (tertiary/aromatic N) is 2. The van der Waals surface area contributed by atoms with Crippen LogP contribution in [0.3, 0.4) is 0 Å². The third kappa shape index (κ3) is 4.04. The molecule has 1 aromatic carbocycles. The molecule has 0 saturated carbocycles. The summed E-state index contributed by atoms with van der Waals surface area (Å²) >= 11 is 5.20. The molecule has 0 bridgehead atoms. The molecule has 0 unspecified atom stereocenters. The Hall–Kier alpha value is -1.88. The van der Waals surface area contributed by atoms with Crippen LogP contribution in [-0.4, -0.2) is 21.4 Å². The van der Waals surface area contributed by atoms with Gasteiger partial charge >= 0.3 is 0 Å². The lowest BCUT2D eigenvalue weighted by Gasteiger charge is -2.09. The molecule has 0 radical (unpaired) electrons. The van der Waals surface area contributed by atoms with Gasteiger partial charge in [-0.15, -0.1) is 0 Å². The summed E-state index contributed by atoms with van der Waals surface area (Å²) in [6, 6.07) is 10.4. The van der Waals surface area contributed by atoms with E-state index in [1.165, 1.54) is 16.8 Å². The molecule has 0 amide bonds. The van der Waals surface area contributed by atoms with Crippen molar-refractivity contribution < 1.29 is 0 Å². The lowest BCUT2D eigenvalue weighted by Crippen LogP contribution is -2.34. The molecule has 0 saturated heterocycles. The monoisotopic (exact) mass is 302 g/mol. The van der Waals surface area contributed by atoms with E-state index in [2.05, 4.69) is 51.6 Å². The predicted molar refractivity (Wildman–Crippen MR) is 90.4 cm³/mol. The average molecular weight is 302 g/mol. The second kappa shape index (κ2) is 7.22. The van der Waals surface area contributed by atoms with E-state index in [1.807, 2.05) is 19.9 Å². The molecule has 112 valence electrons. The average Bonchev–Trinajstić information content (AvgIpc) is 2.73. The Morgan fingerprint density at radius 3 is 2.57 bits per heavy atom. The van der Waals surface area contributed by atoms with Crippen molar-refractivity contribution in [1.29, 1.82) is 0 Å². The smallest absolute Gasteiger partial charge is 0.166 e. The number of aromatic nitrogens is 2. The van der Waals surface area contributed by atoms with Crippen LogP contribution in [0.1, 0.15) is 29.4 Å². The van der Waals surface area contributed by atoms with E-state index in [9.17, 15) is 0 Å². The number of rotatable bonds is 5. The Kier molecular flexibility index (Phi) is 5.33. The highest BCUT2D eigenvalue weighted by molar-refractivity contribution is 7.80. The Labute approximate surface area is 131 Å². The van der Waals surface area contributed by atoms with Crippen LogP contribution in [0.25, 0.3) is 0 Å². The quantitative estimate of drug-likeness (QED) is 0.833. The van der Waals surface area contributed by atoms with Crippen molar-refractivity contribution in [2.75, 3.05) is 6.54 Å². The van der Waals surface area contributed by atoms with Crippen LogP contribution in [0.4, 0.5) is 0 Å². The zero-order valence-corrected chi connectivity index (χ0v) is 13.6. The Bertz CT molecular complexity index is 604. The standard InChI is InChI=1S/C16H22N4S/c1-4-17-16(21)18-10-15-12(2)19-20(13(15)3)11-14-8-6-5-7-9-14/h5-9H,4,10-11H2,1-3H3,(H2,17,18,21). The highest BCUT2D eigenvalue weighted by Gasteiger charge is 2.11. The van der Waals surface area contributed by atoms with Crippen LogP contribution in [0, 0.1) is 13.8 Å². The van der Waals surface area contributed by atoms with Crippen molar-refractivity contribution in [3.8, 4) is 0 Å². The number of benzene rings is 1. The van der Waals surface area contributed by atoms with E-state index in [0.29, 0.717) is 11.7 Å². The summed E-state index contributed by atoms with van der Waals surface area (Å²) in [6.07, 6.45) is 0. The first-order valence-corrected chi connectivity index (χ1v) is 7.61. The second-order valence-electron chi connectivity index (χ2n) is 5.01. The summed E-state index contributed by atoms with van der Waals surface area (Å²) in [6.45, 7) is 8.51. The van der Waals surface area contributed by atoms with Gasteiger partial charge in [0, 0.05) is 24.3 Å². The summed E-state index contributed by atoms with van der Waals surface area (Å²) in [4.78, 5) is 0. The topological polar surface area (TPSA) is 41.9 Å². The molecule has 5 heteroatoms. The molecule has 0 aliphatic heterocycles. The van der Waals surface area contributed by atoms with Crippen molar-refractivity contribution in [1.82, 2.24) is 20.4 Å². The minimum atomic E-state index is 0.687. The Morgan fingerprint density at radius 2 is 1.90 bits per heavy atom. The van der Waals surface area contributed by atoms with Crippen molar-refractivity contribution >= 4 is 17.3 Å². The van der Waals surface area contributed by atoms with Crippen LogP contribution < -0.4 is 10.6 Å². The maximum absolute atomic E-state index is 5.20. The van der Waals surface area contributed by atoms with E-state index >= 15 is 0 Å². The zero-order valence-electron chi connectivity index (χ0n) is 12.8. The number of nitrogens with one attached hydrogen (secondary N) is 2. The van der Waals surface area contributed by atoms with Gasteiger partial charge in [0.1, 0.15) is 0 Å². The van der Waals surface area contributed by atoms with Gasteiger partial charge in [-0.3, -0.25) is 4.68 Å². The van der Waals surface area contributed by atoms with Crippen molar-refractivity contribution in [2.45, 2.75) is 33.9 Å². The van der Waals surface area contributed by atoms with Crippen LogP contribution in [0.5, 0.6) is 0 Å². The molecule has 1 heterocycles. The van der Waals surface area contributed by atoms with Gasteiger partial charge in [-0.2, -0.15) is 5.10 Å². The lowest BCUT2D eigenvalue weighted by molar-refractivity contribution is 0.657. The lowest BCUT2D eigenvalue weighted by atomic mass is 10.2. The highest BCUT2D eigenvalue weighted by Crippen LogP contribution is 2.14. The van der Waals surface area contributed by atoms with Gasteiger partial charge in [0.15, 0.2) is 5.11 Å². The van der Waals surface area contributed by atoms with E-state index in [4.69, 9.17) is 12.2 Å². The third-order valence-electron chi connectivity index (χ3n) is 3.47. The molecule has 0 fully saturated rings. The first-order chi connectivity index (χ1) is 10.1. The Balaban J connectivity index is 2.08. The second-order valence-corrected chi connectivity index (χ2v) is 5.41. The van der Waals surface area contributed by atoms with Gasteiger partial charge in [-0.25, -0.2) is 0 Å². The summed E-state index contributed by atoms with van der Waals surface area (Å²) in [7, 11) is 0. The van der Waals surface area contributed by atoms with Gasteiger partial charge in [0.25, 0.3) is 0 Å². The van der Waals surface area contributed by atoms with E-state index in [-0.39, 0.29) is 0 Å². The van der Waals surface area contributed by atoms with Crippen molar-refractivity contribution in [3.05, 3.63) is 52.8 Å². The zero-order chi connectivity index (χ0) is 15.2. The molecule has 21 heavy (non-hydrogen) atoms. The normalized spacial score (nSPS) is 10.4. The largest absolute Gasteiger partial charge is 0.363 e. The number of aryl methyl sites for hydroxylation is 1. The third-order valence-corrected chi connectivity index (χ3v) is 3.76. The first kappa shape index (κ1) is 15.5. The van der Waals surface area contributed by atoms with E-state index < -0.39 is 0 Å². The summed E-state index contributed by atoms with van der Waals surface area (Å²) in [5, 5.41) is 11.6. The molecular formula is C16H22N4S. The molecule has 1 aromatic heterocycles. The minimum absolute atomic E-state index is 0.687. The van der Waals surface area contributed by atoms with Gasteiger partial charge in [-0.05, 0) is 38.6 Å². The molecular weight excluding hydrogens is 280 g/mol. The summed E-state index contributed by atoms with van der Waals surface area (Å²) < 4.78 is 2.05. The molecule has 4 nitrogen and oxygen atoms in total. The fourth-order valence-corrected chi connectivity index (χ4v) is 2.51. The van der Waals surface area contributed by atoms with Crippen LogP contribution >= 0.6 is 12.2 Å². The van der Waals surface area contributed by atoms with Gasteiger partial charge in [-0.1, -0.05) is 30.3 Å². The predicted octanol–water partition coefficient (Wildman–Crippen LogP) is 2.53. The molecule has 2 N–H and O–H groups in total. The maximum atomic E-state index is 5.20. The fraction of sp³-hybridized carbons (Fsp3) is 0.375. The van der Waals surface area contributed by atoms with Gasteiger partial charge in [0.05, 0.1) is 12.2 Å². The molecule has 0 spiro atoms. The van der Waals surface area contributed by atoms with Crippen LogP contribution in [0.2, 0.25) is 0 Å². The van der Waals surface area contributed by atoms with Crippen molar-refractivity contribution in [3.63, 3.8) is 0 Å². The van der Waals surface area contributed by atoms with Gasteiger partial charge in [0.2, 0.25) is 0 Å². The number of hydrogen-bond acceptors (Lipinski definition) is 2. The first-order valence-electron chi connectivity index (χ1n) is 7.20. The van der Waals surface area contributed by atoms with Gasteiger partial charge < -0.3 is 10.6 Å². The van der Waals surface area contributed by atoms with E-state index in [1.54, 1.807) is 0 Å². The van der Waals surface area contributed by atoms with Crippen LogP contribution in [-0.2, 0) is 13.1 Å². The highest BCUT2D eigenvalue weighted by atomic mass is 32.1. The molecule has 2 rings (SSSR count). The molecule has 0 aliphatic rings. The SMILES string of the molecule is CCNC(=S)NCc1c(C)nn(Cc2ccccc2)c1C. The summed E-state index contributed by atoms with van der Waals surface area (Å²) in [5.74, 6) is 0. The molecule has 0 atom stereocenters. The summed E-state index contributed by atoms with van der Waals surface area (Å²) in [5.41, 5.74) is 4.70. The minimum Gasteiger partial charge on any atom is -0.363 e. The van der Waals surface area contributed by atoms with Crippen molar-refractivity contribution in [2.24, 2.45) is 0 Å². The number of hydrogen-bond donors (Lipinski definition) is 2. The van der Waals surface area contributed by atoms with Crippen LogP contribution in [0.15, 0.2) is 30.3 Å². The molecule has 0 aliphatic carbocycles. The number of thiocarbonyl (C=S) groups is 1. The van der Waals surface area contributed by atoms with E-state index in [0.717, 1.165) is 18.8 Å².